The highest BCUT2D eigenvalue weighted by molar-refractivity contribution is 6.31. The number of hydrazone groups is 1. The molecule has 0 bridgehead atoms. The number of hydrogen-bond acceptors (Lipinski definition) is 8. The van der Waals surface area contributed by atoms with Crippen LogP contribution < -0.4 is 15.6 Å². The molecule has 8 nitrogen and oxygen atoms in total. The van der Waals surface area contributed by atoms with Crippen LogP contribution in [0.2, 0.25) is 5.02 Å². The third-order valence-corrected chi connectivity index (χ3v) is 5.64. The molecule has 0 aliphatic carbocycles. The first-order chi connectivity index (χ1) is 18.1. The monoisotopic (exact) mass is 519 g/mol. The summed E-state index contributed by atoms with van der Waals surface area (Å²) in [5.41, 5.74) is 6.99. The summed E-state index contributed by atoms with van der Waals surface area (Å²) >= 11 is 6.36. The van der Waals surface area contributed by atoms with Crippen molar-refractivity contribution in [1.82, 2.24) is 15.0 Å². The van der Waals surface area contributed by atoms with E-state index in [0.717, 1.165) is 28.7 Å². The average molecular weight is 520 g/mol. The minimum atomic E-state index is -0.483. The second kappa shape index (κ2) is 12.8. The number of benzene rings is 1. The van der Waals surface area contributed by atoms with Crippen molar-refractivity contribution in [3.8, 4) is 0 Å². The Bertz CT molecular complexity index is 1320. The standard InChI is InChI=1S/C27H27ClFN7O/c1-3-5-6-19(4-2)20-13-21(28)15-24(14-20)33-23-8-7-22(30-16-23)17-32-35-27-31-18-25(29)26(34-27)36-9-11-37-12-10-36/h3-8,13-18,33H,1,9-12H2,2H3,(H,31,34,35)/b6-5-,19-4+,32-17+. The fraction of sp³-hybridized carbons (Fsp3) is 0.185. The molecule has 2 aromatic heterocycles. The number of nitrogens with zero attached hydrogens (tertiary/aromatic N) is 5. The number of halogens is 2. The Hall–Kier alpha value is -4.08. The minimum Gasteiger partial charge on any atom is -0.378 e. The maximum Gasteiger partial charge on any atom is 0.245 e. The number of aromatic nitrogens is 3. The van der Waals surface area contributed by atoms with Crippen LogP contribution in [-0.4, -0.2) is 47.5 Å². The van der Waals surface area contributed by atoms with Gasteiger partial charge in [-0.3, -0.25) is 4.98 Å². The Balaban J connectivity index is 1.40. The fourth-order valence-corrected chi connectivity index (χ4v) is 3.88. The van der Waals surface area contributed by atoms with Crippen LogP contribution in [0, 0.1) is 5.82 Å². The SMILES string of the molecule is C=C/C=C\C(=C/C)c1cc(Cl)cc(Nc2ccc(/C=N/Nc3ncc(F)c(N4CCOCC4)n3)nc2)c1. The van der Waals surface area contributed by atoms with Crippen LogP contribution in [0.1, 0.15) is 18.2 Å². The lowest BCUT2D eigenvalue weighted by atomic mass is 10.0. The number of allylic oxidation sites excluding steroid dienone is 5. The highest BCUT2D eigenvalue weighted by Gasteiger charge is 2.17. The van der Waals surface area contributed by atoms with Crippen molar-refractivity contribution >= 4 is 46.5 Å². The number of pyridine rings is 1. The van der Waals surface area contributed by atoms with E-state index in [2.05, 4.69) is 37.4 Å². The Labute approximate surface area is 220 Å². The van der Waals surface area contributed by atoms with E-state index in [1.54, 1.807) is 12.3 Å². The first-order valence-corrected chi connectivity index (χ1v) is 12.1. The maximum absolute atomic E-state index is 14.2. The zero-order valence-corrected chi connectivity index (χ0v) is 21.1. The molecule has 2 N–H and O–H groups in total. The van der Waals surface area contributed by atoms with Crippen molar-refractivity contribution in [2.24, 2.45) is 5.10 Å². The molecule has 0 spiro atoms. The van der Waals surface area contributed by atoms with Crippen LogP contribution in [0.15, 0.2) is 78.7 Å². The Morgan fingerprint density at radius 3 is 2.73 bits per heavy atom. The molecule has 3 heterocycles. The fourth-order valence-electron chi connectivity index (χ4n) is 3.65. The van der Waals surface area contributed by atoms with Crippen molar-refractivity contribution in [2.45, 2.75) is 6.92 Å². The number of hydrogen-bond donors (Lipinski definition) is 2. The molecule has 4 rings (SSSR count). The highest BCUT2D eigenvalue weighted by atomic mass is 35.5. The van der Waals surface area contributed by atoms with Gasteiger partial charge in [-0.05, 0) is 48.4 Å². The summed E-state index contributed by atoms with van der Waals surface area (Å²) in [5, 5.41) is 8.08. The molecule has 0 radical (unpaired) electrons. The van der Waals surface area contributed by atoms with Gasteiger partial charge in [0.25, 0.3) is 0 Å². The van der Waals surface area contributed by atoms with Gasteiger partial charge in [0, 0.05) is 23.8 Å². The Morgan fingerprint density at radius 1 is 1.16 bits per heavy atom. The second-order valence-electron chi connectivity index (χ2n) is 8.00. The average Bonchev–Trinajstić information content (AvgIpc) is 2.91. The molecule has 0 amide bonds. The van der Waals surface area contributed by atoms with Crippen molar-refractivity contribution in [2.75, 3.05) is 41.9 Å². The van der Waals surface area contributed by atoms with Crippen molar-refractivity contribution in [1.29, 1.82) is 0 Å². The van der Waals surface area contributed by atoms with Gasteiger partial charge >= 0.3 is 0 Å². The van der Waals surface area contributed by atoms with Gasteiger partial charge in [-0.1, -0.05) is 42.5 Å². The van der Waals surface area contributed by atoms with Crippen molar-refractivity contribution < 1.29 is 9.13 Å². The topological polar surface area (TPSA) is 87.6 Å². The van der Waals surface area contributed by atoms with E-state index in [9.17, 15) is 4.39 Å². The number of rotatable bonds is 9. The van der Waals surface area contributed by atoms with E-state index < -0.39 is 5.82 Å². The van der Waals surface area contributed by atoms with Gasteiger partial charge < -0.3 is 15.0 Å². The summed E-state index contributed by atoms with van der Waals surface area (Å²) in [6.07, 6.45) is 12.0. The van der Waals surface area contributed by atoms with E-state index in [1.165, 1.54) is 6.21 Å². The predicted octanol–water partition coefficient (Wildman–Crippen LogP) is 5.84. The smallest absolute Gasteiger partial charge is 0.245 e. The zero-order chi connectivity index (χ0) is 26.0. The van der Waals surface area contributed by atoms with Gasteiger partial charge in [0.2, 0.25) is 5.95 Å². The van der Waals surface area contributed by atoms with Crippen molar-refractivity contribution in [3.63, 3.8) is 0 Å². The summed E-state index contributed by atoms with van der Waals surface area (Å²) in [6, 6.07) is 9.47. The predicted molar refractivity (Wildman–Crippen MR) is 148 cm³/mol. The zero-order valence-electron chi connectivity index (χ0n) is 20.4. The van der Waals surface area contributed by atoms with Gasteiger partial charge in [0.05, 0.1) is 43.2 Å². The quantitative estimate of drug-likeness (QED) is 0.209. The van der Waals surface area contributed by atoms with E-state index in [0.29, 0.717) is 37.0 Å². The molecule has 1 aliphatic heterocycles. The number of nitrogens with one attached hydrogen (secondary N) is 2. The molecule has 0 atom stereocenters. The molecule has 3 aromatic rings. The molecule has 1 fully saturated rings. The van der Waals surface area contributed by atoms with Crippen LogP contribution in [0.3, 0.4) is 0 Å². The Kier molecular flexibility index (Phi) is 8.96. The second-order valence-corrected chi connectivity index (χ2v) is 8.44. The molecule has 190 valence electrons. The van der Waals surface area contributed by atoms with Gasteiger partial charge in [-0.25, -0.2) is 14.8 Å². The third kappa shape index (κ3) is 7.22. The lowest BCUT2D eigenvalue weighted by Crippen LogP contribution is -2.37. The van der Waals surface area contributed by atoms with Gasteiger partial charge in [0.15, 0.2) is 11.6 Å². The van der Waals surface area contributed by atoms with E-state index in [-0.39, 0.29) is 11.8 Å². The largest absolute Gasteiger partial charge is 0.378 e. The molecule has 37 heavy (non-hydrogen) atoms. The summed E-state index contributed by atoms with van der Waals surface area (Å²) in [4.78, 5) is 14.4. The third-order valence-electron chi connectivity index (χ3n) is 5.43. The minimum absolute atomic E-state index is 0.192. The summed E-state index contributed by atoms with van der Waals surface area (Å²) in [7, 11) is 0. The number of morpholine rings is 1. The van der Waals surface area contributed by atoms with Gasteiger partial charge in [-0.2, -0.15) is 10.1 Å². The lowest BCUT2D eigenvalue weighted by Gasteiger charge is -2.27. The maximum atomic E-state index is 14.2. The molecule has 1 aliphatic rings. The molecule has 0 saturated carbocycles. The summed E-state index contributed by atoms with van der Waals surface area (Å²) < 4.78 is 19.5. The normalized spacial score (nSPS) is 14.4. The molecule has 1 saturated heterocycles. The van der Waals surface area contributed by atoms with Gasteiger partial charge in [-0.15, -0.1) is 0 Å². The molecular weight excluding hydrogens is 493 g/mol. The van der Waals surface area contributed by atoms with Crippen LogP contribution in [0.25, 0.3) is 5.57 Å². The van der Waals surface area contributed by atoms with Crippen LogP contribution >= 0.6 is 11.6 Å². The van der Waals surface area contributed by atoms with Crippen LogP contribution in [0.4, 0.5) is 27.5 Å². The molecule has 0 unspecified atom stereocenters. The highest BCUT2D eigenvalue weighted by Crippen LogP contribution is 2.27. The number of ether oxygens (including phenoxy) is 1. The first kappa shape index (κ1) is 26.0. The van der Waals surface area contributed by atoms with Crippen LogP contribution in [-0.2, 0) is 4.74 Å². The van der Waals surface area contributed by atoms with Crippen molar-refractivity contribution in [3.05, 3.63) is 95.7 Å². The van der Waals surface area contributed by atoms with E-state index in [4.69, 9.17) is 16.3 Å². The number of anilines is 4. The molecular formula is C27H27ClFN7O. The van der Waals surface area contributed by atoms with Gasteiger partial charge in [0.1, 0.15) is 0 Å². The summed E-state index contributed by atoms with van der Waals surface area (Å²) in [5.74, 6) is -0.0622. The van der Waals surface area contributed by atoms with E-state index >= 15 is 0 Å². The molecule has 1 aromatic carbocycles. The van der Waals surface area contributed by atoms with E-state index in [1.807, 2.05) is 60.4 Å². The summed E-state index contributed by atoms with van der Waals surface area (Å²) in [6.45, 7) is 7.89. The van der Waals surface area contributed by atoms with Crippen LogP contribution in [0.5, 0.6) is 0 Å². The molecule has 10 heteroatoms. The lowest BCUT2D eigenvalue weighted by molar-refractivity contribution is 0.122. The first-order valence-electron chi connectivity index (χ1n) is 11.7. The Morgan fingerprint density at radius 2 is 2.00 bits per heavy atom.